The Morgan fingerprint density at radius 2 is 1.88 bits per heavy atom. The molecule has 1 aromatic carbocycles. The number of rotatable bonds is 5. The fraction of sp³-hybridized carbons (Fsp3) is 0.450. The summed E-state index contributed by atoms with van der Waals surface area (Å²) in [7, 11) is 0. The first-order chi connectivity index (χ1) is 12.8. The van der Waals surface area contributed by atoms with E-state index in [4.69, 9.17) is 13.9 Å². The van der Waals surface area contributed by atoms with Crippen LogP contribution in [0.3, 0.4) is 0 Å². The number of fused-ring (bicyclic) bond motifs is 1. The Balaban J connectivity index is 1.53. The van der Waals surface area contributed by atoms with Crippen LogP contribution < -0.4 is 14.8 Å². The van der Waals surface area contributed by atoms with Gasteiger partial charge in [0.2, 0.25) is 6.79 Å². The predicted molar refractivity (Wildman–Crippen MR) is 96.4 cm³/mol. The highest BCUT2D eigenvalue weighted by atomic mass is 16.7. The zero-order chi connectivity index (χ0) is 17.8. The van der Waals surface area contributed by atoms with Gasteiger partial charge in [0.25, 0.3) is 5.91 Å². The van der Waals surface area contributed by atoms with Gasteiger partial charge in [-0.05, 0) is 55.8 Å². The minimum Gasteiger partial charge on any atom is -0.459 e. The fourth-order valence-electron chi connectivity index (χ4n) is 3.67. The molecule has 1 unspecified atom stereocenters. The highest BCUT2D eigenvalue weighted by Crippen LogP contribution is 2.35. The van der Waals surface area contributed by atoms with Gasteiger partial charge < -0.3 is 19.2 Å². The van der Waals surface area contributed by atoms with Gasteiger partial charge in [0.05, 0.1) is 12.3 Å². The van der Waals surface area contributed by atoms with Crippen molar-refractivity contribution in [3.8, 4) is 11.5 Å². The fourth-order valence-corrected chi connectivity index (χ4v) is 3.67. The first kappa shape index (κ1) is 17.0. The summed E-state index contributed by atoms with van der Waals surface area (Å²) in [6.45, 7) is 2.87. The van der Waals surface area contributed by atoms with Crippen molar-refractivity contribution in [1.82, 2.24) is 10.2 Å². The molecule has 0 spiro atoms. The van der Waals surface area contributed by atoms with Crippen LogP contribution in [0.15, 0.2) is 41.0 Å². The molecule has 6 heteroatoms. The number of ether oxygens (including phenoxy) is 2. The predicted octanol–water partition coefficient (Wildman–Crippen LogP) is 3.36. The number of hydrogen-bond donors (Lipinski definition) is 1. The molecule has 1 N–H and O–H groups in total. The minimum atomic E-state index is -0.185. The average molecular weight is 356 g/mol. The van der Waals surface area contributed by atoms with Gasteiger partial charge in [-0.1, -0.05) is 18.9 Å². The standard InChI is InChI=1S/C20H24N2O4/c23-20(18-6-5-11-24-18)21-13-16(22-9-3-1-2-4-10-22)15-7-8-17-19(12-15)26-14-25-17/h5-8,11-12,16H,1-4,9-10,13-14H2,(H,21,23). The maximum Gasteiger partial charge on any atom is 0.287 e. The zero-order valence-electron chi connectivity index (χ0n) is 14.8. The highest BCUT2D eigenvalue weighted by molar-refractivity contribution is 5.91. The molecule has 2 aromatic rings. The SMILES string of the molecule is O=C(NCC(c1ccc2c(c1)OCO2)N1CCCCCC1)c1ccco1. The van der Waals surface area contributed by atoms with E-state index in [9.17, 15) is 4.79 Å². The van der Waals surface area contributed by atoms with Crippen LogP contribution in [0.4, 0.5) is 0 Å². The molecular formula is C20H24N2O4. The van der Waals surface area contributed by atoms with Crippen molar-refractivity contribution in [3.05, 3.63) is 47.9 Å². The number of likely N-dealkylation sites (tertiary alicyclic amines) is 1. The zero-order valence-corrected chi connectivity index (χ0v) is 14.8. The van der Waals surface area contributed by atoms with Gasteiger partial charge in [0.1, 0.15) is 0 Å². The van der Waals surface area contributed by atoms with Crippen LogP contribution in [0.1, 0.15) is 47.8 Å². The second kappa shape index (κ2) is 7.83. The third-order valence-corrected chi connectivity index (χ3v) is 5.06. The van der Waals surface area contributed by atoms with Gasteiger partial charge in [-0.2, -0.15) is 0 Å². The van der Waals surface area contributed by atoms with Gasteiger partial charge >= 0.3 is 0 Å². The van der Waals surface area contributed by atoms with E-state index in [1.807, 2.05) is 12.1 Å². The largest absolute Gasteiger partial charge is 0.459 e. The van der Waals surface area contributed by atoms with Crippen molar-refractivity contribution in [2.24, 2.45) is 0 Å². The number of benzene rings is 1. The number of furan rings is 1. The Bertz CT molecular complexity index is 736. The van der Waals surface area contributed by atoms with Crippen molar-refractivity contribution >= 4 is 5.91 Å². The number of nitrogens with one attached hydrogen (secondary N) is 1. The quantitative estimate of drug-likeness (QED) is 0.890. The summed E-state index contributed by atoms with van der Waals surface area (Å²) in [4.78, 5) is 14.8. The van der Waals surface area contributed by atoms with Crippen molar-refractivity contribution in [1.29, 1.82) is 0 Å². The monoisotopic (exact) mass is 356 g/mol. The van der Waals surface area contributed by atoms with E-state index >= 15 is 0 Å². The van der Waals surface area contributed by atoms with E-state index in [0.29, 0.717) is 12.3 Å². The van der Waals surface area contributed by atoms with Crippen LogP contribution in [0.25, 0.3) is 0 Å². The summed E-state index contributed by atoms with van der Waals surface area (Å²) in [5, 5.41) is 3.02. The maximum absolute atomic E-state index is 12.3. The first-order valence-corrected chi connectivity index (χ1v) is 9.26. The molecule has 1 aromatic heterocycles. The van der Waals surface area contributed by atoms with Crippen LogP contribution in [-0.2, 0) is 0 Å². The molecule has 6 nitrogen and oxygen atoms in total. The average Bonchev–Trinajstić information content (AvgIpc) is 3.29. The second-order valence-electron chi connectivity index (χ2n) is 6.77. The number of carbonyl (C=O) groups is 1. The van der Waals surface area contributed by atoms with E-state index in [-0.39, 0.29) is 18.7 Å². The summed E-state index contributed by atoms with van der Waals surface area (Å²) in [6.07, 6.45) is 6.42. The van der Waals surface area contributed by atoms with Crippen molar-refractivity contribution in [3.63, 3.8) is 0 Å². The van der Waals surface area contributed by atoms with Gasteiger partial charge in [0.15, 0.2) is 17.3 Å². The molecule has 0 radical (unpaired) electrons. The second-order valence-corrected chi connectivity index (χ2v) is 6.77. The summed E-state index contributed by atoms with van der Waals surface area (Å²) >= 11 is 0. The Hall–Kier alpha value is -2.47. The summed E-state index contributed by atoms with van der Waals surface area (Å²) < 4.78 is 16.2. The first-order valence-electron chi connectivity index (χ1n) is 9.26. The molecule has 2 aliphatic heterocycles. The molecule has 0 saturated carbocycles. The molecule has 2 aliphatic rings. The molecule has 26 heavy (non-hydrogen) atoms. The lowest BCUT2D eigenvalue weighted by molar-refractivity contribution is 0.0905. The smallest absolute Gasteiger partial charge is 0.287 e. The molecule has 0 aliphatic carbocycles. The lowest BCUT2D eigenvalue weighted by Crippen LogP contribution is -2.38. The Morgan fingerprint density at radius 1 is 1.08 bits per heavy atom. The number of nitrogens with zero attached hydrogens (tertiary/aromatic N) is 1. The van der Waals surface area contributed by atoms with Crippen LogP contribution in [0.5, 0.6) is 11.5 Å². The molecule has 1 atom stereocenters. The van der Waals surface area contributed by atoms with Crippen LogP contribution in [0, 0.1) is 0 Å². The molecule has 1 saturated heterocycles. The van der Waals surface area contributed by atoms with Crippen LogP contribution >= 0.6 is 0 Å². The van der Waals surface area contributed by atoms with Crippen LogP contribution in [-0.4, -0.2) is 37.2 Å². The van der Waals surface area contributed by atoms with Crippen molar-refractivity contribution in [2.75, 3.05) is 26.4 Å². The van der Waals surface area contributed by atoms with Crippen molar-refractivity contribution < 1.29 is 18.7 Å². The van der Waals surface area contributed by atoms with E-state index in [1.165, 1.54) is 31.9 Å². The van der Waals surface area contributed by atoms with Crippen molar-refractivity contribution in [2.45, 2.75) is 31.7 Å². The molecule has 1 fully saturated rings. The van der Waals surface area contributed by atoms with Gasteiger partial charge in [0, 0.05) is 6.54 Å². The van der Waals surface area contributed by atoms with E-state index in [2.05, 4.69) is 16.3 Å². The highest BCUT2D eigenvalue weighted by Gasteiger charge is 2.25. The molecule has 138 valence electrons. The molecule has 4 rings (SSSR count). The number of carbonyl (C=O) groups excluding carboxylic acids is 1. The number of amides is 1. The van der Waals surface area contributed by atoms with E-state index < -0.39 is 0 Å². The summed E-state index contributed by atoms with van der Waals surface area (Å²) in [5.41, 5.74) is 1.14. The third kappa shape index (κ3) is 3.70. The summed E-state index contributed by atoms with van der Waals surface area (Å²) in [6, 6.07) is 9.56. The Morgan fingerprint density at radius 3 is 2.65 bits per heavy atom. The Labute approximate surface area is 153 Å². The summed E-state index contributed by atoms with van der Waals surface area (Å²) in [5.74, 6) is 1.71. The maximum atomic E-state index is 12.3. The molecular weight excluding hydrogens is 332 g/mol. The van der Waals surface area contributed by atoms with E-state index in [0.717, 1.165) is 30.2 Å². The van der Waals surface area contributed by atoms with Gasteiger partial charge in [-0.25, -0.2) is 0 Å². The minimum absolute atomic E-state index is 0.0986. The lowest BCUT2D eigenvalue weighted by atomic mass is 10.0. The van der Waals surface area contributed by atoms with Crippen LogP contribution in [0.2, 0.25) is 0 Å². The van der Waals surface area contributed by atoms with E-state index in [1.54, 1.807) is 12.1 Å². The number of hydrogen-bond acceptors (Lipinski definition) is 5. The topological polar surface area (TPSA) is 63.9 Å². The molecule has 0 bridgehead atoms. The molecule has 3 heterocycles. The molecule has 1 amide bonds. The Kier molecular flexibility index (Phi) is 5.11. The van der Waals surface area contributed by atoms with Gasteiger partial charge in [-0.3, -0.25) is 9.69 Å². The lowest BCUT2D eigenvalue weighted by Gasteiger charge is -2.31. The normalized spacial score (nSPS) is 18.3. The van der Waals surface area contributed by atoms with Gasteiger partial charge in [-0.15, -0.1) is 0 Å². The third-order valence-electron chi connectivity index (χ3n) is 5.06.